The number of thiophene rings is 1. The van der Waals surface area contributed by atoms with Crippen molar-refractivity contribution >= 4 is 44.8 Å². The summed E-state index contributed by atoms with van der Waals surface area (Å²) >= 11 is 1.56. The van der Waals surface area contributed by atoms with Crippen LogP contribution in [0.2, 0.25) is 0 Å². The summed E-state index contributed by atoms with van der Waals surface area (Å²) < 4.78 is 33.2. The van der Waals surface area contributed by atoms with Crippen LogP contribution in [0.25, 0.3) is 0 Å². The maximum Gasteiger partial charge on any atom is 0.339 e. The topological polar surface area (TPSA) is 114 Å². The highest BCUT2D eigenvalue weighted by Crippen LogP contribution is 2.30. The molecule has 2 N–H and O–H groups in total. The predicted octanol–water partition coefficient (Wildman–Crippen LogP) is 3.67. The Morgan fingerprint density at radius 1 is 1.06 bits per heavy atom. The molecule has 0 saturated heterocycles. The normalized spacial score (nSPS) is 16.2. The van der Waals surface area contributed by atoms with Gasteiger partial charge in [0.05, 0.1) is 10.5 Å². The van der Waals surface area contributed by atoms with Crippen molar-refractivity contribution in [3.05, 3.63) is 45.6 Å². The van der Waals surface area contributed by atoms with Gasteiger partial charge in [-0.1, -0.05) is 12.5 Å². The van der Waals surface area contributed by atoms with E-state index >= 15 is 0 Å². The zero-order valence-corrected chi connectivity index (χ0v) is 19.9. The third kappa shape index (κ3) is 6.00. The van der Waals surface area contributed by atoms with Crippen LogP contribution in [0.1, 0.15) is 59.3 Å². The van der Waals surface area contributed by atoms with Gasteiger partial charge in [-0.15, -0.1) is 11.3 Å². The number of benzene rings is 1. The Bertz CT molecular complexity index is 1170. The number of nitrogens with zero attached hydrogens (tertiary/aromatic N) is 1. The number of ether oxygens (including phenoxy) is 1. The van der Waals surface area contributed by atoms with E-state index in [4.69, 9.17) is 4.74 Å². The van der Waals surface area contributed by atoms with E-state index in [1.807, 2.05) is 0 Å². The first-order valence-electron chi connectivity index (χ1n) is 11.1. The fraction of sp³-hybridized carbons (Fsp3) is 0.435. The van der Waals surface area contributed by atoms with Crippen molar-refractivity contribution < 1.29 is 22.7 Å². The second kappa shape index (κ2) is 10.5. The van der Waals surface area contributed by atoms with E-state index in [2.05, 4.69) is 15.0 Å². The van der Waals surface area contributed by atoms with Crippen LogP contribution in [0.3, 0.4) is 0 Å². The number of amidine groups is 1. The lowest BCUT2D eigenvalue weighted by Crippen LogP contribution is -2.30. The Hall–Kier alpha value is -2.72. The van der Waals surface area contributed by atoms with Crippen LogP contribution < -0.4 is 10.0 Å². The molecule has 176 valence electrons. The highest BCUT2D eigenvalue weighted by molar-refractivity contribution is 7.90. The molecule has 1 aliphatic carbocycles. The summed E-state index contributed by atoms with van der Waals surface area (Å²) in [6, 6.07) is 5.95. The molecule has 1 aromatic heterocycles. The number of hydrogen-bond donors (Lipinski definition) is 2. The van der Waals surface area contributed by atoms with E-state index in [1.165, 1.54) is 17.0 Å². The Morgan fingerprint density at radius 2 is 1.88 bits per heavy atom. The molecule has 0 radical (unpaired) electrons. The van der Waals surface area contributed by atoms with Crippen molar-refractivity contribution in [1.29, 1.82) is 0 Å². The number of amides is 1. The molecule has 2 aliphatic rings. The maximum atomic E-state index is 12.7. The van der Waals surface area contributed by atoms with Gasteiger partial charge in [-0.25, -0.2) is 13.2 Å². The molecule has 0 fully saturated rings. The summed E-state index contributed by atoms with van der Waals surface area (Å²) in [5.41, 5.74) is 1.89. The van der Waals surface area contributed by atoms with Crippen LogP contribution in [-0.2, 0) is 32.4 Å². The molecule has 0 atom stereocenters. The van der Waals surface area contributed by atoms with Gasteiger partial charge in [-0.3, -0.25) is 14.5 Å². The first kappa shape index (κ1) is 23.4. The van der Waals surface area contributed by atoms with Gasteiger partial charge in [0.25, 0.3) is 15.9 Å². The molecular weight excluding hydrogens is 462 g/mol. The third-order valence-corrected chi connectivity index (χ3v) is 8.14. The molecule has 0 spiro atoms. The number of hydrogen-bond acceptors (Lipinski definition) is 7. The summed E-state index contributed by atoms with van der Waals surface area (Å²) in [4.78, 5) is 30.3. The monoisotopic (exact) mass is 489 g/mol. The Labute approximate surface area is 197 Å². The van der Waals surface area contributed by atoms with Crippen LogP contribution in [0.15, 0.2) is 39.5 Å². The van der Waals surface area contributed by atoms with Gasteiger partial charge in [0.1, 0.15) is 5.84 Å². The SMILES string of the molecule is O=C(COC(=O)c1csc2c1CCCC2)Nc1cccc(S(=O)(=O)NC2=NCCCCC2)c1. The first-order chi connectivity index (χ1) is 15.9. The van der Waals surface area contributed by atoms with E-state index in [-0.39, 0.29) is 4.90 Å². The summed E-state index contributed by atoms with van der Waals surface area (Å²) in [5.74, 6) is -0.582. The molecule has 2 heterocycles. The Balaban J connectivity index is 1.35. The quantitative estimate of drug-likeness (QED) is 0.601. The molecule has 2 aromatic rings. The van der Waals surface area contributed by atoms with Crippen LogP contribution in [0.5, 0.6) is 0 Å². The number of esters is 1. The summed E-state index contributed by atoms with van der Waals surface area (Å²) in [6.45, 7) is 0.163. The number of rotatable bonds is 6. The maximum absolute atomic E-state index is 12.7. The fourth-order valence-corrected chi connectivity index (χ4v) is 6.23. The lowest BCUT2D eigenvalue weighted by molar-refractivity contribution is -0.119. The highest BCUT2D eigenvalue weighted by atomic mass is 32.2. The number of anilines is 1. The Morgan fingerprint density at radius 3 is 2.76 bits per heavy atom. The summed E-state index contributed by atoms with van der Waals surface area (Å²) in [5, 5.41) is 4.40. The zero-order valence-electron chi connectivity index (χ0n) is 18.3. The van der Waals surface area contributed by atoms with Crippen LogP contribution >= 0.6 is 11.3 Å². The van der Waals surface area contributed by atoms with E-state index in [0.29, 0.717) is 30.1 Å². The molecule has 1 aliphatic heterocycles. The number of aryl methyl sites for hydroxylation is 1. The van der Waals surface area contributed by atoms with Gasteiger partial charge in [-0.2, -0.15) is 0 Å². The van der Waals surface area contributed by atoms with Gasteiger partial charge in [-0.05, 0) is 62.3 Å². The molecule has 10 heteroatoms. The number of sulfonamides is 1. The number of nitrogens with one attached hydrogen (secondary N) is 2. The molecule has 0 saturated carbocycles. The predicted molar refractivity (Wildman–Crippen MR) is 127 cm³/mol. The van der Waals surface area contributed by atoms with Gasteiger partial charge in [0, 0.05) is 28.9 Å². The molecule has 0 bridgehead atoms. The van der Waals surface area contributed by atoms with Crippen molar-refractivity contribution in [2.45, 2.75) is 56.3 Å². The van der Waals surface area contributed by atoms with Crippen LogP contribution in [-0.4, -0.2) is 39.3 Å². The second-order valence-electron chi connectivity index (χ2n) is 8.15. The minimum atomic E-state index is -3.81. The van der Waals surface area contributed by atoms with Gasteiger partial charge >= 0.3 is 5.97 Å². The minimum Gasteiger partial charge on any atom is -0.452 e. The van der Waals surface area contributed by atoms with Gasteiger partial charge in [0.2, 0.25) is 0 Å². The third-order valence-electron chi connectivity index (χ3n) is 5.67. The molecule has 4 rings (SSSR count). The van der Waals surface area contributed by atoms with Crippen molar-refractivity contribution in [2.24, 2.45) is 4.99 Å². The Kier molecular flexibility index (Phi) is 7.44. The molecule has 33 heavy (non-hydrogen) atoms. The molecule has 8 nitrogen and oxygen atoms in total. The average molecular weight is 490 g/mol. The first-order valence-corrected chi connectivity index (χ1v) is 13.5. The molecule has 1 amide bonds. The lowest BCUT2D eigenvalue weighted by atomic mass is 9.96. The van der Waals surface area contributed by atoms with E-state index in [0.717, 1.165) is 50.5 Å². The largest absolute Gasteiger partial charge is 0.452 e. The van der Waals surface area contributed by atoms with Crippen molar-refractivity contribution in [1.82, 2.24) is 4.72 Å². The van der Waals surface area contributed by atoms with Crippen molar-refractivity contribution in [3.63, 3.8) is 0 Å². The van der Waals surface area contributed by atoms with E-state index < -0.39 is 28.5 Å². The van der Waals surface area contributed by atoms with E-state index in [1.54, 1.807) is 28.8 Å². The summed E-state index contributed by atoms with van der Waals surface area (Å²) in [7, 11) is -3.81. The standard InChI is InChI=1S/C23H27N3O5S2/c27-22(14-31-23(28)19-15-32-20-10-4-3-9-18(19)20)25-16-7-6-8-17(13-16)33(29,30)26-21-11-2-1-5-12-24-21/h6-8,13,15H,1-5,9-12,14H2,(H,24,26)(H,25,27). The van der Waals surface area contributed by atoms with Crippen LogP contribution in [0.4, 0.5) is 5.69 Å². The van der Waals surface area contributed by atoms with Crippen LogP contribution in [0, 0.1) is 0 Å². The van der Waals surface area contributed by atoms with E-state index in [9.17, 15) is 18.0 Å². The van der Waals surface area contributed by atoms with Crippen molar-refractivity contribution in [2.75, 3.05) is 18.5 Å². The second-order valence-corrected chi connectivity index (χ2v) is 10.8. The van der Waals surface area contributed by atoms with Crippen molar-refractivity contribution in [3.8, 4) is 0 Å². The number of carbonyl (C=O) groups is 2. The fourth-order valence-electron chi connectivity index (χ4n) is 3.98. The average Bonchev–Trinajstić information content (AvgIpc) is 3.08. The lowest BCUT2D eigenvalue weighted by Gasteiger charge is -2.13. The van der Waals surface area contributed by atoms with Gasteiger partial charge < -0.3 is 10.1 Å². The number of aliphatic imine (C=N–C) groups is 1. The smallest absolute Gasteiger partial charge is 0.339 e. The molecular formula is C23H27N3O5S2. The highest BCUT2D eigenvalue weighted by Gasteiger charge is 2.22. The summed E-state index contributed by atoms with van der Waals surface area (Å²) in [6.07, 6.45) is 7.47. The minimum absolute atomic E-state index is 0.0224. The zero-order chi connectivity index (χ0) is 23.3. The number of carbonyl (C=O) groups excluding carboxylic acids is 2. The molecule has 1 aromatic carbocycles. The molecule has 0 unspecified atom stereocenters. The van der Waals surface area contributed by atoms with Gasteiger partial charge in [0.15, 0.2) is 6.61 Å². The number of fused-ring (bicyclic) bond motifs is 1.